The van der Waals surface area contributed by atoms with Crippen LogP contribution in [0.3, 0.4) is 0 Å². The van der Waals surface area contributed by atoms with Gasteiger partial charge in [-0.05, 0) is 49.8 Å². The van der Waals surface area contributed by atoms with Gasteiger partial charge >= 0.3 is 0 Å². The summed E-state index contributed by atoms with van der Waals surface area (Å²) in [6.45, 7) is 3.10. The Morgan fingerprint density at radius 3 is 2.69 bits per heavy atom. The number of amides is 2. The first-order chi connectivity index (χ1) is 15.5. The molecule has 2 atom stereocenters. The quantitative estimate of drug-likeness (QED) is 0.493. The Balaban J connectivity index is 1.37. The van der Waals surface area contributed by atoms with Crippen molar-refractivity contribution in [3.05, 3.63) is 28.8 Å². The maximum Gasteiger partial charge on any atom is 0.227 e. The summed E-state index contributed by atoms with van der Waals surface area (Å²) in [6.07, 6.45) is 5.55. The van der Waals surface area contributed by atoms with E-state index in [2.05, 4.69) is 10.6 Å². The maximum atomic E-state index is 13.5. The first kappa shape index (κ1) is 23.3. The second kappa shape index (κ2) is 10.9. The van der Waals surface area contributed by atoms with Gasteiger partial charge in [-0.15, -0.1) is 0 Å². The van der Waals surface area contributed by atoms with Gasteiger partial charge in [0.1, 0.15) is 5.75 Å². The van der Waals surface area contributed by atoms with E-state index in [9.17, 15) is 9.59 Å². The molecular formula is C24H34ClN3O4. The van der Waals surface area contributed by atoms with Gasteiger partial charge in [-0.3, -0.25) is 9.59 Å². The number of nitrogens with zero attached hydrogens (tertiary/aromatic N) is 1. The Morgan fingerprint density at radius 1 is 1.16 bits per heavy atom. The van der Waals surface area contributed by atoms with Gasteiger partial charge in [0.2, 0.25) is 11.8 Å². The second-order valence-corrected chi connectivity index (χ2v) is 9.63. The molecule has 4 rings (SSSR count). The zero-order chi connectivity index (χ0) is 22.5. The predicted molar refractivity (Wildman–Crippen MR) is 123 cm³/mol. The van der Waals surface area contributed by atoms with Crippen LogP contribution in [0.1, 0.15) is 44.1 Å². The Kier molecular flexibility index (Phi) is 7.92. The van der Waals surface area contributed by atoms with Crippen LogP contribution in [0.15, 0.2) is 18.2 Å². The Labute approximate surface area is 195 Å². The lowest BCUT2D eigenvalue weighted by Crippen LogP contribution is -2.53. The lowest BCUT2D eigenvalue weighted by atomic mass is 9.93. The molecule has 7 nitrogen and oxygen atoms in total. The van der Waals surface area contributed by atoms with E-state index in [4.69, 9.17) is 21.1 Å². The first-order valence-electron chi connectivity index (χ1n) is 11.8. The average molecular weight is 464 g/mol. The molecule has 2 amide bonds. The fourth-order valence-corrected chi connectivity index (χ4v) is 4.42. The molecule has 0 spiro atoms. The first-order valence-corrected chi connectivity index (χ1v) is 12.1. The van der Waals surface area contributed by atoms with Crippen molar-refractivity contribution in [1.29, 1.82) is 0 Å². The predicted octanol–water partition coefficient (Wildman–Crippen LogP) is 2.75. The zero-order valence-corrected chi connectivity index (χ0v) is 19.5. The monoisotopic (exact) mass is 463 g/mol. The summed E-state index contributed by atoms with van der Waals surface area (Å²) in [4.78, 5) is 27.6. The van der Waals surface area contributed by atoms with E-state index in [0.717, 1.165) is 44.2 Å². The Morgan fingerprint density at radius 2 is 1.97 bits per heavy atom. The molecule has 32 heavy (non-hydrogen) atoms. The smallest absolute Gasteiger partial charge is 0.227 e. The minimum atomic E-state index is -0.120. The minimum Gasteiger partial charge on any atom is -0.492 e. The average Bonchev–Trinajstić information content (AvgIpc) is 3.69. The van der Waals surface area contributed by atoms with E-state index in [1.54, 1.807) is 7.11 Å². The number of halogens is 1. The topological polar surface area (TPSA) is 79.9 Å². The van der Waals surface area contributed by atoms with Crippen LogP contribution in [0.5, 0.6) is 5.75 Å². The van der Waals surface area contributed by atoms with Crippen LogP contribution in [0.25, 0.3) is 0 Å². The van der Waals surface area contributed by atoms with Gasteiger partial charge in [-0.2, -0.15) is 0 Å². The van der Waals surface area contributed by atoms with Crippen molar-refractivity contribution >= 4 is 23.4 Å². The van der Waals surface area contributed by atoms with Gasteiger partial charge in [0.15, 0.2) is 0 Å². The highest BCUT2D eigenvalue weighted by atomic mass is 35.5. The molecule has 1 heterocycles. The summed E-state index contributed by atoms with van der Waals surface area (Å²) in [7, 11) is 1.67. The molecule has 176 valence electrons. The number of benzene rings is 1. The van der Waals surface area contributed by atoms with Crippen molar-refractivity contribution < 1.29 is 19.1 Å². The largest absolute Gasteiger partial charge is 0.492 e. The van der Waals surface area contributed by atoms with E-state index >= 15 is 0 Å². The summed E-state index contributed by atoms with van der Waals surface area (Å²) in [5, 5.41) is 7.05. The van der Waals surface area contributed by atoms with Crippen LogP contribution < -0.4 is 15.4 Å². The van der Waals surface area contributed by atoms with Crippen LogP contribution in [-0.2, 0) is 20.9 Å². The van der Waals surface area contributed by atoms with E-state index < -0.39 is 0 Å². The van der Waals surface area contributed by atoms with Crippen LogP contribution in [0.4, 0.5) is 0 Å². The SMILES string of the molecule is COCCCOc1cc(CN(C(=O)[C@@H]2CNC[C@@H](NC(=O)C3CC3)C2)C2CC2)ccc1Cl. The molecule has 0 radical (unpaired) electrons. The number of ether oxygens (including phenoxy) is 2. The third-order valence-corrected chi connectivity index (χ3v) is 6.68. The maximum absolute atomic E-state index is 13.5. The number of hydrogen-bond donors (Lipinski definition) is 2. The molecule has 8 heteroatoms. The van der Waals surface area contributed by atoms with E-state index in [-0.39, 0.29) is 29.7 Å². The summed E-state index contributed by atoms with van der Waals surface area (Å²) in [6, 6.07) is 6.06. The molecule has 0 unspecified atom stereocenters. The Bertz CT molecular complexity index is 812. The van der Waals surface area contributed by atoms with Crippen LogP contribution in [0.2, 0.25) is 5.02 Å². The Hall–Kier alpha value is -1.83. The highest BCUT2D eigenvalue weighted by molar-refractivity contribution is 6.32. The van der Waals surface area contributed by atoms with Gasteiger partial charge in [-0.1, -0.05) is 17.7 Å². The number of nitrogens with one attached hydrogen (secondary N) is 2. The summed E-state index contributed by atoms with van der Waals surface area (Å²) < 4.78 is 10.9. The number of carbonyl (C=O) groups excluding carboxylic acids is 2. The van der Waals surface area contributed by atoms with Crippen molar-refractivity contribution in [3.63, 3.8) is 0 Å². The molecule has 0 aromatic heterocycles. The third-order valence-electron chi connectivity index (χ3n) is 6.36. The van der Waals surface area contributed by atoms with Crippen LogP contribution in [0, 0.1) is 11.8 Å². The minimum absolute atomic E-state index is 0.0227. The molecule has 2 N–H and O–H groups in total. The second-order valence-electron chi connectivity index (χ2n) is 9.23. The van der Waals surface area contributed by atoms with Crippen molar-refractivity contribution in [2.45, 2.75) is 57.2 Å². The molecule has 2 saturated carbocycles. The van der Waals surface area contributed by atoms with Crippen molar-refractivity contribution in [2.24, 2.45) is 11.8 Å². The van der Waals surface area contributed by atoms with E-state index in [1.807, 2.05) is 23.1 Å². The van der Waals surface area contributed by atoms with Gasteiger partial charge < -0.3 is 25.0 Å². The van der Waals surface area contributed by atoms with E-state index in [1.165, 1.54) is 0 Å². The van der Waals surface area contributed by atoms with E-state index in [0.29, 0.717) is 49.5 Å². The number of carbonyl (C=O) groups is 2. The molecule has 1 aliphatic heterocycles. The summed E-state index contributed by atoms with van der Waals surface area (Å²) in [5.74, 6) is 1.02. The van der Waals surface area contributed by atoms with Gasteiger partial charge in [0.05, 0.1) is 17.5 Å². The molecule has 1 saturated heterocycles. The van der Waals surface area contributed by atoms with Gasteiger partial charge in [-0.25, -0.2) is 0 Å². The number of rotatable bonds is 11. The third kappa shape index (κ3) is 6.36. The molecule has 2 aliphatic carbocycles. The molecule has 1 aromatic rings. The van der Waals surface area contributed by atoms with Crippen LogP contribution >= 0.6 is 11.6 Å². The fourth-order valence-electron chi connectivity index (χ4n) is 4.25. The fraction of sp³-hybridized carbons (Fsp3) is 0.667. The van der Waals surface area contributed by atoms with Crippen LogP contribution in [-0.4, -0.2) is 62.2 Å². The van der Waals surface area contributed by atoms with Gasteiger partial charge in [0, 0.05) is 57.8 Å². The molecule has 3 aliphatic rings. The molecular weight excluding hydrogens is 430 g/mol. The zero-order valence-electron chi connectivity index (χ0n) is 18.8. The molecule has 3 fully saturated rings. The highest BCUT2D eigenvalue weighted by Gasteiger charge is 2.39. The van der Waals surface area contributed by atoms with Crippen molar-refractivity contribution in [3.8, 4) is 5.75 Å². The lowest BCUT2D eigenvalue weighted by Gasteiger charge is -2.34. The lowest BCUT2D eigenvalue weighted by molar-refractivity contribution is -0.138. The van der Waals surface area contributed by atoms with Crippen molar-refractivity contribution in [1.82, 2.24) is 15.5 Å². The molecule has 0 bridgehead atoms. The normalized spacial score (nSPS) is 22.9. The summed E-state index contributed by atoms with van der Waals surface area (Å²) >= 11 is 6.31. The highest BCUT2D eigenvalue weighted by Crippen LogP contribution is 2.33. The molecule has 1 aromatic carbocycles. The number of methoxy groups -OCH3 is 1. The number of piperidine rings is 1. The number of hydrogen-bond acceptors (Lipinski definition) is 5. The van der Waals surface area contributed by atoms with Crippen molar-refractivity contribution in [2.75, 3.05) is 33.4 Å². The van der Waals surface area contributed by atoms with Gasteiger partial charge in [0.25, 0.3) is 0 Å². The summed E-state index contributed by atoms with van der Waals surface area (Å²) in [5.41, 5.74) is 1.01. The standard InChI is InChI=1S/C24H34ClN3O4/c1-31-9-2-10-32-22-11-16(3-8-21(22)25)15-28(20-6-7-20)24(30)18-12-19(14-26-13-18)27-23(29)17-4-5-17/h3,8,11,17-20,26H,2,4-7,9-10,12-15H2,1H3,(H,27,29)/t18-,19-/m0/s1.